The molecule has 24 heavy (non-hydrogen) atoms. The summed E-state index contributed by atoms with van der Waals surface area (Å²) in [6.45, 7) is 2.55. The van der Waals surface area contributed by atoms with Crippen molar-refractivity contribution in [1.29, 1.82) is 0 Å². The number of hydrogen-bond acceptors (Lipinski definition) is 4. The molecule has 0 aromatic heterocycles. The predicted molar refractivity (Wildman–Crippen MR) is 99.5 cm³/mol. The number of amidine groups is 1. The van der Waals surface area contributed by atoms with Crippen LogP contribution < -0.4 is 4.74 Å². The van der Waals surface area contributed by atoms with Gasteiger partial charge in [0.1, 0.15) is 5.75 Å². The zero-order valence-corrected chi connectivity index (χ0v) is 14.4. The highest BCUT2D eigenvalue weighted by Crippen LogP contribution is 2.34. The molecule has 0 N–H and O–H groups in total. The minimum Gasteiger partial charge on any atom is -0.497 e. The average Bonchev–Trinajstić information content (AvgIpc) is 2.91. The van der Waals surface area contributed by atoms with E-state index in [1.54, 1.807) is 12.0 Å². The molecule has 4 nitrogen and oxygen atoms in total. The molecule has 1 amide bonds. The van der Waals surface area contributed by atoms with Crippen molar-refractivity contribution < 1.29 is 9.53 Å². The summed E-state index contributed by atoms with van der Waals surface area (Å²) in [6, 6.07) is 17.3. The summed E-state index contributed by atoms with van der Waals surface area (Å²) in [5.41, 5.74) is 1.81. The third-order valence-electron chi connectivity index (χ3n) is 3.60. The summed E-state index contributed by atoms with van der Waals surface area (Å²) in [4.78, 5) is 19.6. The Balaban J connectivity index is 1.89. The van der Waals surface area contributed by atoms with Gasteiger partial charge in [0.25, 0.3) is 5.91 Å². The topological polar surface area (TPSA) is 41.9 Å². The van der Waals surface area contributed by atoms with Gasteiger partial charge in [0.05, 0.1) is 17.7 Å². The molecule has 0 aliphatic carbocycles. The van der Waals surface area contributed by atoms with Crippen molar-refractivity contribution in [2.45, 2.75) is 6.92 Å². The first-order chi connectivity index (χ1) is 11.7. The number of ether oxygens (including phenoxy) is 1. The minimum atomic E-state index is -0.00648. The minimum absolute atomic E-state index is 0.00648. The van der Waals surface area contributed by atoms with Gasteiger partial charge < -0.3 is 4.74 Å². The number of carbonyl (C=O) groups is 1. The summed E-state index contributed by atoms with van der Waals surface area (Å²) in [5, 5.41) is 0.716. The Morgan fingerprint density at radius 3 is 2.46 bits per heavy atom. The van der Waals surface area contributed by atoms with Gasteiger partial charge in [-0.2, -0.15) is 0 Å². The van der Waals surface area contributed by atoms with Crippen molar-refractivity contribution in [1.82, 2.24) is 4.90 Å². The number of para-hydroxylation sites is 1. The van der Waals surface area contributed by atoms with Crippen molar-refractivity contribution in [2.75, 3.05) is 13.7 Å². The molecule has 0 unspecified atom stereocenters. The quantitative estimate of drug-likeness (QED) is 0.780. The van der Waals surface area contributed by atoms with Crippen LogP contribution >= 0.6 is 11.8 Å². The second kappa shape index (κ2) is 7.36. The van der Waals surface area contributed by atoms with Gasteiger partial charge in [0.15, 0.2) is 5.17 Å². The predicted octanol–water partition coefficient (Wildman–Crippen LogP) is 4.32. The van der Waals surface area contributed by atoms with Crippen molar-refractivity contribution in [3.05, 3.63) is 65.1 Å². The maximum atomic E-state index is 12.6. The molecule has 5 heteroatoms. The van der Waals surface area contributed by atoms with E-state index in [1.807, 2.05) is 67.6 Å². The Morgan fingerprint density at radius 2 is 1.83 bits per heavy atom. The molecule has 1 aliphatic rings. The first-order valence-electron chi connectivity index (χ1n) is 7.70. The Kier molecular flexibility index (Phi) is 5.01. The van der Waals surface area contributed by atoms with Crippen LogP contribution in [0.2, 0.25) is 0 Å². The van der Waals surface area contributed by atoms with Gasteiger partial charge in [-0.05, 0) is 54.6 Å². The molecule has 0 saturated carbocycles. The second-order valence-corrected chi connectivity index (χ2v) is 6.17. The summed E-state index contributed by atoms with van der Waals surface area (Å²) in [5.74, 6) is 0.789. The first-order valence-corrected chi connectivity index (χ1v) is 8.52. The van der Waals surface area contributed by atoms with Crippen LogP contribution in [0, 0.1) is 0 Å². The second-order valence-electron chi connectivity index (χ2n) is 5.16. The highest BCUT2D eigenvalue weighted by atomic mass is 32.2. The lowest BCUT2D eigenvalue weighted by Gasteiger charge is -2.11. The average molecular weight is 338 g/mol. The fourth-order valence-electron chi connectivity index (χ4n) is 2.33. The van der Waals surface area contributed by atoms with Crippen LogP contribution in [0.5, 0.6) is 5.75 Å². The molecule has 1 heterocycles. The van der Waals surface area contributed by atoms with Crippen molar-refractivity contribution >= 4 is 34.6 Å². The summed E-state index contributed by atoms with van der Waals surface area (Å²) >= 11 is 1.41. The highest BCUT2D eigenvalue weighted by Gasteiger charge is 2.32. The fraction of sp³-hybridized carbons (Fsp3) is 0.158. The molecule has 0 spiro atoms. The maximum absolute atomic E-state index is 12.6. The third kappa shape index (κ3) is 3.51. The third-order valence-corrected chi connectivity index (χ3v) is 4.61. The molecule has 1 saturated heterocycles. The van der Waals surface area contributed by atoms with Gasteiger partial charge in [-0.25, -0.2) is 4.99 Å². The summed E-state index contributed by atoms with van der Waals surface area (Å²) in [7, 11) is 1.63. The molecule has 122 valence electrons. The highest BCUT2D eigenvalue weighted by molar-refractivity contribution is 8.18. The Hall–Kier alpha value is -2.53. The number of carbonyl (C=O) groups excluding carboxylic acids is 1. The normalized spacial score (nSPS) is 17.8. The lowest BCUT2D eigenvalue weighted by atomic mass is 10.2. The molecular formula is C19H18N2O2S. The molecule has 0 bridgehead atoms. The lowest BCUT2D eigenvalue weighted by molar-refractivity contribution is -0.122. The van der Waals surface area contributed by atoms with E-state index in [0.29, 0.717) is 16.6 Å². The van der Waals surface area contributed by atoms with E-state index in [4.69, 9.17) is 4.74 Å². The van der Waals surface area contributed by atoms with Crippen LogP contribution in [0.4, 0.5) is 5.69 Å². The van der Waals surface area contributed by atoms with Crippen LogP contribution in [-0.2, 0) is 4.79 Å². The van der Waals surface area contributed by atoms with Gasteiger partial charge in [0, 0.05) is 6.54 Å². The van der Waals surface area contributed by atoms with E-state index in [0.717, 1.165) is 17.0 Å². The molecule has 1 fully saturated rings. The monoisotopic (exact) mass is 338 g/mol. The Morgan fingerprint density at radius 1 is 1.12 bits per heavy atom. The fourth-order valence-corrected chi connectivity index (χ4v) is 3.40. The zero-order valence-electron chi connectivity index (χ0n) is 13.6. The van der Waals surface area contributed by atoms with E-state index in [1.165, 1.54) is 11.8 Å². The number of methoxy groups -OCH3 is 1. The number of likely N-dealkylation sites (N-methyl/N-ethyl adjacent to an activating group) is 1. The van der Waals surface area contributed by atoms with E-state index >= 15 is 0 Å². The number of rotatable bonds is 4. The Bertz CT molecular complexity index is 783. The van der Waals surface area contributed by atoms with Crippen LogP contribution in [0.3, 0.4) is 0 Å². The first kappa shape index (κ1) is 16.3. The summed E-state index contributed by atoms with van der Waals surface area (Å²) in [6.07, 6.45) is 1.89. The van der Waals surface area contributed by atoms with Gasteiger partial charge in [-0.15, -0.1) is 0 Å². The number of thioether (sulfide) groups is 1. The largest absolute Gasteiger partial charge is 0.497 e. The van der Waals surface area contributed by atoms with Crippen molar-refractivity contribution in [3.8, 4) is 5.75 Å². The maximum Gasteiger partial charge on any atom is 0.266 e. The standard InChI is InChI=1S/C19H18N2O2S/c1-3-21-18(22)17(13-14-9-11-16(23-2)12-10-14)24-19(21)20-15-7-5-4-6-8-15/h4-13H,3H2,1-2H3/b17-13+,20-19?. The van der Waals surface area contributed by atoms with E-state index < -0.39 is 0 Å². The van der Waals surface area contributed by atoms with Crippen molar-refractivity contribution in [3.63, 3.8) is 0 Å². The van der Waals surface area contributed by atoms with Gasteiger partial charge in [0.2, 0.25) is 0 Å². The molecule has 2 aromatic rings. The van der Waals surface area contributed by atoms with Crippen LogP contribution in [0.15, 0.2) is 64.5 Å². The van der Waals surface area contributed by atoms with Crippen molar-refractivity contribution in [2.24, 2.45) is 4.99 Å². The molecule has 0 atom stereocenters. The van der Waals surface area contributed by atoms with Crippen LogP contribution in [0.1, 0.15) is 12.5 Å². The zero-order chi connectivity index (χ0) is 16.9. The Labute approximate surface area is 145 Å². The van der Waals surface area contributed by atoms with Gasteiger partial charge >= 0.3 is 0 Å². The smallest absolute Gasteiger partial charge is 0.266 e. The molecular weight excluding hydrogens is 320 g/mol. The van der Waals surface area contributed by atoms with Gasteiger partial charge in [-0.1, -0.05) is 30.3 Å². The lowest BCUT2D eigenvalue weighted by Crippen LogP contribution is -2.28. The van der Waals surface area contributed by atoms with Crippen LogP contribution in [0.25, 0.3) is 6.08 Å². The molecule has 2 aromatic carbocycles. The van der Waals surface area contributed by atoms with Gasteiger partial charge in [-0.3, -0.25) is 9.69 Å². The number of hydrogen-bond donors (Lipinski definition) is 0. The molecule has 1 aliphatic heterocycles. The van der Waals surface area contributed by atoms with E-state index in [2.05, 4.69) is 4.99 Å². The number of aliphatic imine (C=N–C) groups is 1. The van der Waals surface area contributed by atoms with E-state index in [-0.39, 0.29) is 5.91 Å². The summed E-state index contributed by atoms with van der Waals surface area (Å²) < 4.78 is 5.16. The van der Waals surface area contributed by atoms with Crippen LogP contribution in [-0.4, -0.2) is 29.6 Å². The molecule has 0 radical (unpaired) electrons. The molecule has 3 rings (SSSR count). The SMILES string of the molecule is CCN1C(=O)/C(=C\c2ccc(OC)cc2)SC1=Nc1ccccc1. The number of benzene rings is 2. The number of amides is 1. The number of nitrogens with zero attached hydrogens (tertiary/aromatic N) is 2. The van der Waals surface area contributed by atoms with E-state index in [9.17, 15) is 4.79 Å².